The van der Waals surface area contributed by atoms with Crippen LogP contribution in [-0.2, 0) is 13.1 Å². The van der Waals surface area contributed by atoms with Gasteiger partial charge < -0.3 is 20.6 Å². The van der Waals surface area contributed by atoms with Crippen molar-refractivity contribution in [2.24, 2.45) is 0 Å². The van der Waals surface area contributed by atoms with E-state index in [9.17, 15) is 9.90 Å². The first-order valence-corrected chi connectivity index (χ1v) is 9.01. The van der Waals surface area contributed by atoms with E-state index in [4.69, 9.17) is 0 Å². The van der Waals surface area contributed by atoms with Crippen molar-refractivity contribution in [1.82, 2.24) is 15.5 Å². The fourth-order valence-corrected chi connectivity index (χ4v) is 3.14. The van der Waals surface area contributed by atoms with Gasteiger partial charge in [0.05, 0.1) is 5.60 Å². The molecule has 0 bridgehead atoms. The van der Waals surface area contributed by atoms with Crippen molar-refractivity contribution in [3.05, 3.63) is 35.4 Å². The average molecular weight is 333 g/mol. The monoisotopic (exact) mass is 333 g/mol. The third-order valence-corrected chi connectivity index (χ3v) is 4.80. The minimum atomic E-state index is -0.722. The zero-order valence-corrected chi connectivity index (χ0v) is 15.0. The van der Waals surface area contributed by atoms with E-state index in [0.29, 0.717) is 13.1 Å². The summed E-state index contributed by atoms with van der Waals surface area (Å²) in [4.78, 5) is 14.2. The molecule has 5 nitrogen and oxygen atoms in total. The van der Waals surface area contributed by atoms with E-state index >= 15 is 0 Å². The van der Waals surface area contributed by atoms with Gasteiger partial charge in [-0.2, -0.15) is 0 Å². The highest BCUT2D eigenvalue weighted by Gasteiger charge is 2.29. The van der Waals surface area contributed by atoms with Crippen LogP contribution in [0.1, 0.15) is 50.2 Å². The molecule has 1 fully saturated rings. The van der Waals surface area contributed by atoms with E-state index in [2.05, 4.69) is 41.6 Å². The summed E-state index contributed by atoms with van der Waals surface area (Å²) in [7, 11) is 2.09. The molecule has 3 N–H and O–H groups in total. The molecule has 0 radical (unpaired) electrons. The lowest BCUT2D eigenvalue weighted by Gasteiger charge is -2.32. The Morgan fingerprint density at radius 1 is 1.21 bits per heavy atom. The van der Waals surface area contributed by atoms with Crippen LogP contribution in [0.5, 0.6) is 0 Å². The highest BCUT2D eigenvalue weighted by molar-refractivity contribution is 5.73. The summed E-state index contributed by atoms with van der Waals surface area (Å²) in [6.07, 6.45) is 4.82. The van der Waals surface area contributed by atoms with Gasteiger partial charge >= 0.3 is 6.03 Å². The van der Waals surface area contributed by atoms with Crippen LogP contribution in [0.2, 0.25) is 0 Å². The van der Waals surface area contributed by atoms with Crippen molar-refractivity contribution in [2.75, 3.05) is 20.1 Å². The molecule has 0 aliphatic heterocycles. The predicted molar refractivity (Wildman–Crippen MR) is 96.7 cm³/mol. The Hall–Kier alpha value is -1.59. The largest absolute Gasteiger partial charge is 0.388 e. The van der Waals surface area contributed by atoms with E-state index in [1.807, 2.05) is 12.1 Å². The lowest BCUT2D eigenvalue weighted by Crippen LogP contribution is -2.47. The van der Waals surface area contributed by atoms with Crippen LogP contribution in [0, 0.1) is 0 Å². The molecule has 0 atom stereocenters. The van der Waals surface area contributed by atoms with Gasteiger partial charge in [-0.05, 0) is 37.6 Å². The lowest BCUT2D eigenvalue weighted by atomic mass is 9.85. The molecule has 1 saturated carbocycles. The molecule has 0 heterocycles. The third-order valence-electron chi connectivity index (χ3n) is 4.80. The minimum absolute atomic E-state index is 0.218. The van der Waals surface area contributed by atoms with Gasteiger partial charge in [-0.1, -0.05) is 50.5 Å². The highest BCUT2D eigenvalue weighted by atomic mass is 16.3. The van der Waals surface area contributed by atoms with Crippen molar-refractivity contribution < 1.29 is 9.90 Å². The average Bonchev–Trinajstić information content (AvgIpc) is 2.59. The Kier molecular flexibility index (Phi) is 7.06. The number of nitrogens with zero attached hydrogens (tertiary/aromatic N) is 1. The summed E-state index contributed by atoms with van der Waals surface area (Å²) in [5.41, 5.74) is 1.61. The molecular formula is C19H31N3O2. The Balaban J connectivity index is 1.76. The number of urea groups is 1. The molecule has 24 heavy (non-hydrogen) atoms. The van der Waals surface area contributed by atoms with Crippen LogP contribution in [0.3, 0.4) is 0 Å². The van der Waals surface area contributed by atoms with Gasteiger partial charge in [0.2, 0.25) is 0 Å². The van der Waals surface area contributed by atoms with Gasteiger partial charge in [0.25, 0.3) is 0 Å². The molecular weight excluding hydrogens is 302 g/mol. The Bertz CT molecular complexity index is 527. The third kappa shape index (κ3) is 6.13. The molecule has 1 aliphatic carbocycles. The maximum Gasteiger partial charge on any atom is 0.315 e. The van der Waals surface area contributed by atoms with E-state index < -0.39 is 5.60 Å². The van der Waals surface area contributed by atoms with E-state index in [0.717, 1.165) is 44.3 Å². The molecule has 0 saturated heterocycles. The quantitative estimate of drug-likeness (QED) is 0.719. The second kappa shape index (κ2) is 9.04. The summed E-state index contributed by atoms with van der Waals surface area (Å²) >= 11 is 0. The van der Waals surface area contributed by atoms with E-state index in [1.54, 1.807) is 0 Å². The maximum atomic E-state index is 12.0. The Labute approximate surface area is 145 Å². The summed E-state index contributed by atoms with van der Waals surface area (Å²) in [5.74, 6) is 0. The Morgan fingerprint density at radius 2 is 1.92 bits per heavy atom. The fraction of sp³-hybridized carbons (Fsp3) is 0.632. The smallest absolute Gasteiger partial charge is 0.315 e. The molecule has 0 aromatic heterocycles. The van der Waals surface area contributed by atoms with Crippen molar-refractivity contribution in [1.29, 1.82) is 0 Å². The van der Waals surface area contributed by atoms with Crippen molar-refractivity contribution in [3.8, 4) is 0 Å². The SMILES string of the molecule is CCN(C)Cc1cccc(CNC(=O)NCC2(O)CCCCC2)c1. The minimum Gasteiger partial charge on any atom is -0.388 e. The first kappa shape index (κ1) is 18.7. The summed E-state index contributed by atoms with van der Waals surface area (Å²) in [6, 6.07) is 8.06. The predicted octanol–water partition coefficient (Wildman–Crippen LogP) is 2.63. The van der Waals surface area contributed by atoms with Crippen LogP contribution in [-0.4, -0.2) is 41.8 Å². The van der Waals surface area contributed by atoms with Crippen LogP contribution in [0.25, 0.3) is 0 Å². The number of carbonyl (C=O) groups excluding carboxylic acids is 1. The highest BCUT2D eigenvalue weighted by Crippen LogP contribution is 2.27. The van der Waals surface area contributed by atoms with Crippen LogP contribution >= 0.6 is 0 Å². The number of nitrogens with one attached hydrogen (secondary N) is 2. The van der Waals surface area contributed by atoms with Gasteiger partial charge in [0.1, 0.15) is 0 Å². The molecule has 1 aromatic carbocycles. The molecule has 2 amide bonds. The van der Waals surface area contributed by atoms with Crippen LogP contribution in [0.15, 0.2) is 24.3 Å². The molecule has 2 rings (SSSR count). The van der Waals surface area contributed by atoms with Gasteiger partial charge in [0.15, 0.2) is 0 Å². The van der Waals surface area contributed by atoms with Crippen molar-refractivity contribution >= 4 is 6.03 Å². The number of hydrogen-bond donors (Lipinski definition) is 3. The molecule has 5 heteroatoms. The molecule has 0 unspecified atom stereocenters. The zero-order valence-electron chi connectivity index (χ0n) is 15.0. The number of amides is 2. The van der Waals surface area contributed by atoms with Gasteiger partial charge in [-0.15, -0.1) is 0 Å². The lowest BCUT2D eigenvalue weighted by molar-refractivity contribution is 0.00719. The molecule has 134 valence electrons. The number of carbonyl (C=O) groups is 1. The molecule has 0 spiro atoms. The van der Waals surface area contributed by atoms with E-state index in [-0.39, 0.29) is 6.03 Å². The summed E-state index contributed by atoms with van der Waals surface area (Å²) in [5, 5.41) is 16.1. The first-order chi connectivity index (χ1) is 11.5. The summed E-state index contributed by atoms with van der Waals surface area (Å²) < 4.78 is 0. The number of hydrogen-bond acceptors (Lipinski definition) is 3. The van der Waals surface area contributed by atoms with Gasteiger partial charge in [-0.3, -0.25) is 0 Å². The second-order valence-electron chi connectivity index (χ2n) is 6.97. The van der Waals surface area contributed by atoms with Crippen molar-refractivity contribution in [2.45, 2.75) is 57.7 Å². The second-order valence-corrected chi connectivity index (χ2v) is 6.97. The van der Waals surface area contributed by atoms with Crippen LogP contribution in [0.4, 0.5) is 4.79 Å². The van der Waals surface area contributed by atoms with Crippen molar-refractivity contribution in [3.63, 3.8) is 0 Å². The fourth-order valence-electron chi connectivity index (χ4n) is 3.14. The van der Waals surface area contributed by atoms with E-state index in [1.165, 1.54) is 12.0 Å². The van der Waals surface area contributed by atoms with Gasteiger partial charge in [-0.25, -0.2) is 4.79 Å². The molecule has 1 aromatic rings. The first-order valence-electron chi connectivity index (χ1n) is 9.01. The van der Waals surface area contributed by atoms with Gasteiger partial charge in [0, 0.05) is 19.6 Å². The normalized spacial score (nSPS) is 16.8. The molecule has 1 aliphatic rings. The van der Waals surface area contributed by atoms with Crippen LogP contribution < -0.4 is 10.6 Å². The number of rotatable bonds is 7. The zero-order chi connectivity index (χ0) is 17.4. The topological polar surface area (TPSA) is 64.6 Å². The Morgan fingerprint density at radius 3 is 2.62 bits per heavy atom. The number of benzene rings is 1. The standard InChI is InChI=1S/C19H31N3O2/c1-3-22(2)14-17-9-7-8-16(12-17)13-20-18(23)21-15-19(24)10-5-4-6-11-19/h7-9,12,24H,3-6,10-11,13-15H2,1-2H3,(H2,20,21,23). The summed E-state index contributed by atoms with van der Waals surface area (Å²) in [6.45, 7) is 4.88. The maximum absolute atomic E-state index is 12.0. The number of aliphatic hydroxyl groups is 1.